The van der Waals surface area contributed by atoms with Crippen LogP contribution in [0.15, 0.2) is 0 Å². The third-order valence-corrected chi connectivity index (χ3v) is 3.71. The Hall–Kier alpha value is -1.85. The largest absolute Gasteiger partial charge is 0.480 e. The molecule has 1 rings (SSSR count). The molecule has 19 heavy (non-hydrogen) atoms. The van der Waals surface area contributed by atoms with Crippen molar-refractivity contribution in [3.8, 4) is 0 Å². The van der Waals surface area contributed by atoms with E-state index in [0.29, 0.717) is 24.1 Å². The van der Waals surface area contributed by atoms with Crippen LogP contribution >= 0.6 is 0 Å². The van der Waals surface area contributed by atoms with Crippen LogP contribution in [0, 0.1) is 13.8 Å². The number of aliphatic carboxylic acids is 1. The Bertz CT molecular complexity index is 501. The summed E-state index contributed by atoms with van der Waals surface area (Å²) in [5.41, 5.74) is 0.562. The summed E-state index contributed by atoms with van der Waals surface area (Å²) in [5, 5.41) is 16.1. The second-order valence-electron chi connectivity index (χ2n) is 4.72. The molecular formula is C13H21N3O3. The van der Waals surface area contributed by atoms with Gasteiger partial charge in [-0.2, -0.15) is 5.10 Å². The highest BCUT2D eigenvalue weighted by molar-refractivity contribution is 5.99. The molecule has 0 fully saturated rings. The van der Waals surface area contributed by atoms with Crippen molar-refractivity contribution in [2.75, 3.05) is 0 Å². The van der Waals surface area contributed by atoms with Crippen molar-refractivity contribution in [2.45, 2.75) is 46.1 Å². The summed E-state index contributed by atoms with van der Waals surface area (Å²) >= 11 is 0. The standard InChI is InChI=1S/C13H21N3O3/c1-6-13(7-2,12(18)19)14-11(17)10-8(3)15-16(5)9(10)4/h6-7H2,1-5H3,(H,14,17)(H,18,19). The molecule has 6 nitrogen and oxygen atoms in total. The fourth-order valence-electron chi connectivity index (χ4n) is 2.16. The third kappa shape index (κ3) is 2.62. The molecule has 0 unspecified atom stereocenters. The summed E-state index contributed by atoms with van der Waals surface area (Å²) in [6.07, 6.45) is 0.672. The molecule has 0 aromatic carbocycles. The minimum atomic E-state index is -1.22. The van der Waals surface area contributed by atoms with Crippen molar-refractivity contribution in [2.24, 2.45) is 7.05 Å². The lowest BCUT2D eigenvalue weighted by Crippen LogP contribution is -2.53. The van der Waals surface area contributed by atoms with Crippen molar-refractivity contribution in [3.05, 3.63) is 17.0 Å². The van der Waals surface area contributed by atoms with Crippen LogP contribution in [-0.4, -0.2) is 32.3 Å². The fraction of sp³-hybridized carbons (Fsp3) is 0.615. The SMILES string of the molecule is CCC(CC)(NC(=O)c1c(C)nn(C)c1C)C(=O)O. The van der Waals surface area contributed by atoms with E-state index >= 15 is 0 Å². The average molecular weight is 267 g/mol. The number of hydrogen-bond donors (Lipinski definition) is 2. The van der Waals surface area contributed by atoms with E-state index in [1.807, 2.05) is 0 Å². The number of carbonyl (C=O) groups is 2. The van der Waals surface area contributed by atoms with Crippen molar-refractivity contribution in [1.29, 1.82) is 0 Å². The van der Waals surface area contributed by atoms with Gasteiger partial charge in [-0.1, -0.05) is 13.8 Å². The highest BCUT2D eigenvalue weighted by Crippen LogP contribution is 2.19. The van der Waals surface area contributed by atoms with Crippen molar-refractivity contribution in [1.82, 2.24) is 15.1 Å². The van der Waals surface area contributed by atoms with Gasteiger partial charge < -0.3 is 10.4 Å². The molecule has 106 valence electrons. The molecule has 0 bridgehead atoms. The molecule has 1 aromatic heterocycles. The van der Waals surface area contributed by atoms with Gasteiger partial charge in [-0.25, -0.2) is 4.79 Å². The number of nitrogens with one attached hydrogen (secondary N) is 1. The summed E-state index contributed by atoms with van der Waals surface area (Å²) in [6, 6.07) is 0. The molecule has 0 aliphatic carbocycles. The minimum absolute atomic E-state index is 0.336. The van der Waals surface area contributed by atoms with E-state index in [2.05, 4.69) is 10.4 Å². The number of carboxylic acids is 1. The van der Waals surface area contributed by atoms with Crippen LogP contribution < -0.4 is 5.32 Å². The Kier molecular flexibility index (Phi) is 4.34. The maximum absolute atomic E-state index is 12.3. The van der Waals surface area contributed by atoms with E-state index in [0.717, 1.165) is 5.69 Å². The molecule has 0 spiro atoms. The zero-order valence-corrected chi connectivity index (χ0v) is 12.1. The van der Waals surface area contributed by atoms with Gasteiger partial charge in [0.25, 0.3) is 5.91 Å². The molecule has 0 saturated carbocycles. The van der Waals surface area contributed by atoms with E-state index < -0.39 is 11.5 Å². The van der Waals surface area contributed by atoms with Gasteiger partial charge in [-0.15, -0.1) is 0 Å². The summed E-state index contributed by atoms with van der Waals surface area (Å²) in [7, 11) is 1.75. The lowest BCUT2D eigenvalue weighted by Gasteiger charge is -2.28. The first kappa shape index (κ1) is 15.2. The van der Waals surface area contributed by atoms with Crippen LogP contribution in [0.3, 0.4) is 0 Å². The highest BCUT2D eigenvalue weighted by atomic mass is 16.4. The Morgan fingerprint density at radius 2 is 1.84 bits per heavy atom. The molecule has 0 atom stereocenters. The van der Waals surface area contributed by atoms with Crippen LogP contribution in [0.25, 0.3) is 0 Å². The molecule has 0 aliphatic rings. The van der Waals surface area contributed by atoms with Crippen molar-refractivity contribution >= 4 is 11.9 Å². The molecule has 2 N–H and O–H groups in total. The molecule has 0 radical (unpaired) electrons. The van der Waals surface area contributed by atoms with Gasteiger partial charge in [-0.05, 0) is 26.7 Å². The van der Waals surface area contributed by atoms with Gasteiger partial charge in [0.15, 0.2) is 0 Å². The first-order valence-corrected chi connectivity index (χ1v) is 6.35. The van der Waals surface area contributed by atoms with Gasteiger partial charge in [0, 0.05) is 12.7 Å². The number of amides is 1. The number of nitrogens with zero attached hydrogens (tertiary/aromatic N) is 2. The van der Waals surface area contributed by atoms with Gasteiger partial charge in [0.2, 0.25) is 0 Å². The van der Waals surface area contributed by atoms with E-state index in [-0.39, 0.29) is 5.91 Å². The maximum atomic E-state index is 12.3. The fourth-order valence-corrected chi connectivity index (χ4v) is 2.16. The number of aromatic nitrogens is 2. The molecule has 1 heterocycles. The average Bonchev–Trinajstić information content (AvgIpc) is 2.60. The summed E-state index contributed by atoms with van der Waals surface area (Å²) < 4.78 is 1.62. The molecule has 0 aliphatic heterocycles. The Morgan fingerprint density at radius 3 is 2.16 bits per heavy atom. The number of carboxylic acid groups (broad SMARTS) is 1. The lowest BCUT2D eigenvalue weighted by molar-refractivity contribution is -0.144. The Balaban J connectivity index is 3.11. The predicted octanol–water partition coefficient (Wildman–Crippen LogP) is 1.41. The molecule has 1 aromatic rings. The molecular weight excluding hydrogens is 246 g/mol. The summed E-state index contributed by atoms with van der Waals surface area (Å²) in [4.78, 5) is 23.7. The molecule has 6 heteroatoms. The van der Waals surface area contributed by atoms with Crippen LogP contribution in [0.4, 0.5) is 0 Å². The van der Waals surface area contributed by atoms with Gasteiger partial charge >= 0.3 is 5.97 Å². The van der Waals surface area contributed by atoms with Gasteiger partial charge in [0.1, 0.15) is 5.54 Å². The van der Waals surface area contributed by atoms with Crippen LogP contribution in [-0.2, 0) is 11.8 Å². The number of hydrogen-bond acceptors (Lipinski definition) is 3. The van der Waals surface area contributed by atoms with E-state index in [9.17, 15) is 14.7 Å². The molecule has 0 saturated heterocycles. The summed E-state index contributed by atoms with van der Waals surface area (Å²) in [6.45, 7) is 7.03. The third-order valence-electron chi connectivity index (χ3n) is 3.71. The lowest BCUT2D eigenvalue weighted by atomic mass is 9.92. The van der Waals surface area contributed by atoms with E-state index in [4.69, 9.17) is 0 Å². The second kappa shape index (κ2) is 5.42. The molecule has 1 amide bonds. The van der Waals surface area contributed by atoms with E-state index in [1.54, 1.807) is 39.4 Å². The van der Waals surface area contributed by atoms with Crippen LogP contribution in [0.5, 0.6) is 0 Å². The van der Waals surface area contributed by atoms with Crippen LogP contribution in [0.2, 0.25) is 0 Å². The zero-order chi connectivity index (χ0) is 14.8. The Labute approximate surface area is 112 Å². The van der Waals surface area contributed by atoms with Crippen molar-refractivity contribution in [3.63, 3.8) is 0 Å². The minimum Gasteiger partial charge on any atom is -0.480 e. The zero-order valence-electron chi connectivity index (χ0n) is 12.1. The van der Waals surface area contributed by atoms with Crippen molar-refractivity contribution < 1.29 is 14.7 Å². The quantitative estimate of drug-likeness (QED) is 0.844. The topological polar surface area (TPSA) is 84.2 Å². The number of rotatable bonds is 5. The maximum Gasteiger partial charge on any atom is 0.329 e. The predicted molar refractivity (Wildman–Crippen MR) is 71.1 cm³/mol. The monoisotopic (exact) mass is 267 g/mol. The van der Waals surface area contributed by atoms with Gasteiger partial charge in [-0.3, -0.25) is 9.48 Å². The summed E-state index contributed by atoms with van der Waals surface area (Å²) in [5.74, 6) is -1.39. The second-order valence-corrected chi connectivity index (χ2v) is 4.72. The smallest absolute Gasteiger partial charge is 0.329 e. The number of carbonyl (C=O) groups excluding carboxylic acids is 1. The normalized spacial score (nSPS) is 11.4. The Morgan fingerprint density at radius 1 is 1.32 bits per heavy atom. The number of aryl methyl sites for hydroxylation is 2. The van der Waals surface area contributed by atoms with Crippen LogP contribution in [0.1, 0.15) is 48.4 Å². The van der Waals surface area contributed by atoms with E-state index in [1.165, 1.54) is 0 Å². The first-order chi connectivity index (χ1) is 8.79. The van der Waals surface area contributed by atoms with Gasteiger partial charge in [0.05, 0.1) is 11.3 Å². The first-order valence-electron chi connectivity index (χ1n) is 6.35. The highest BCUT2D eigenvalue weighted by Gasteiger charge is 2.37.